The lowest BCUT2D eigenvalue weighted by atomic mass is 10.2. The molecule has 2 aromatic rings. The average Bonchev–Trinajstić information content (AvgIpc) is 3.30. The predicted octanol–water partition coefficient (Wildman–Crippen LogP) is 2.44. The second kappa shape index (κ2) is 7.04. The van der Waals surface area contributed by atoms with Crippen molar-refractivity contribution in [3.8, 4) is 11.4 Å². The number of aromatic nitrogens is 3. The fourth-order valence-electron chi connectivity index (χ4n) is 2.46. The number of likely N-dealkylation sites (N-methyl/N-ethyl adjacent to an activating group) is 1. The van der Waals surface area contributed by atoms with E-state index in [0.29, 0.717) is 29.0 Å². The summed E-state index contributed by atoms with van der Waals surface area (Å²) in [6.07, 6.45) is 2.18. The van der Waals surface area contributed by atoms with Gasteiger partial charge in [-0.1, -0.05) is 11.6 Å². The van der Waals surface area contributed by atoms with Crippen LogP contribution in [0.1, 0.15) is 12.8 Å². The van der Waals surface area contributed by atoms with Crippen molar-refractivity contribution in [3.05, 3.63) is 34.1 Å². The summed E-state index contributed by atoms with van der Waals surface area (Å²) in [6, 6.07) is 7.85. The van der Waals surface area contributed by atoms with Gasteiger partial charge < -0.3 is 9.88 Å². The van der Waals surface area contributed by atoms with Gasteiger partial charge in [0.1, 0.15) is 0 Å². The van der Waals surface area contributed by atoms with Crippen molar-refractivity contribution in [2.75, 3.05) is 13.6 Å². The van der Waals surface area contributed by atoms with E-state index in [1.165, 1.54) is 0 Å². The highest BCUT2D eigenvalue weighted by atomic mass is 35.5. The first-order valence-electron chi connectivity index (χ1n) is 7.81. The van der Waals surface area contributed by atoms with E-state index in [2.05, 4.69) is 10.4 Å². The number of benzene rings is 1. The molecular weight excluding hydrogens is 346 g/mol. The van der Waals surface area contributed by atoms with E-state index in [0.717, 1.165) is 24.2 Å². The number of nitrogens with one attached hydrogen (secondary N) is 1. The molecule has 6 nitrogen and oxygen atoms in total. The van der Waals surface area contributed by atoms with Gasteiger partial charge in [-0.05, 0) is 56.4 Å². The van der Waals surface area contributed by atoms with Gasteiger partial charge in [-0.15, -0.1) is 0 Å². The van der Waals surface area contributed by atoms with Crippen LogP contribution in [0.4, 0.5) is 0 Å². The highest BCUT2D eigenvalue weighted by Crippen LogP contribution is 2.20. The molecule has 1 aromatic carbocycles. The first-order chi connectivity index (χ1) is 11.4. The first-order valence-corrected chi connectivity index (χ1v) is 8.60. The van der Waals surface area contributed by atoms with Crippen molar-refractivity contribution >= 4 is 29.7 Å². The van der Waals surface area contributed by atoms with Crippen LogP contribution in [-0.2, 0) is 18.5 Å². The standard InChI is InChI=1S/C16H20ClN5OS/c1-20(9-14(23)18-13-7-8-13)10-22-16(24)21(2)15(19-22)11-3-5-12(17)6-4-11/h3-6,13H,7-10H2,1-2H3,(H,18,23). The number of carbonyl (C=O) groups is 1. The Hall–Kier alpha value is -1.70. The summed E-state index contributed by atoms with van der Waals surface area (Å²) in [7, 11) is 3.76. The van der Waals surface area contributed by atoms with Crippen LogP contribution < -0.4 is 5.32 Å². The molecule has 1 N–H and O–H groups in total. The van der Waals surface area contributed by atoms with E-state index in [1.807, 2.05) is 47.8 Å². The van der Waals surface area contributed by atoms with Crippen LogP contribution in [0.3, 0.4) is 0 Å². The van der Waals surface area contributed by atoms with Gasteiger partial charge in [0.25, 0.3) is 0 Å². The van der Waals surface area contributed by atoms with Crippen molar-refractivity contribution in [3.63, 3.8) is 0 Å². The Morgan fingerprint density at radius 3 is 2.71 bits per heavy atom. The van der Waals surface area contributed by atoms with Crippen molar-refractivity contribution in [1.29, 1.82) is 0 Å². The van der Waals surface area contributed by atoms with Crippen molar-refractivity contribution < 1.29 is 4.79 Å². The summed E-state index contributed by atoms with van der Waals surface area (Å²) < 4.78 is 4.19. The normalized spacial score (nSPS) is 14.2. The summed E-state index contributed by atoms with van der Waals surface area (Å²) in [4.78, 5) is 13.8. The summed E-state index contributed by atoms with van der Waals surface area (Å²) >= 11 is 11.4. The molecule has 8 heteroatoms. The monoisotopic (exact) mass is 365 g/mol. The number of rotatable bonds is 6. The Bertz CT molecular complexity index is 794. The Morgan fingerprint density at radius 1 is 1.42 bits per heavy atom. The Morgan fingerprint density at radius 2 is 2.08 bits per heavy atom. The molecule has 1 aliphatic rings. The molecule has 0 aliphatic heterocycles. The van der Waals surface area contributed by atoms with E-state index < -0.39 is 0 Å². The largest absolute Gasteiger partial charge is 0.352 e. The van der Waals surface area contributed by atoms with Crippen LogP contribution >= 0.6 is 23.8 Å². The van der Waals surface area contributed by atoms with Crippen LogP contribution in [0.15, 0.2) is 24.3 Å². The molecule has 1 saturated carbocycles. The number of amides is 1. The van der Waals surface area contributed by atoms with Crippen LogP contribution in [0.25, 0.3) is 11.4 Å². The third kappa shape index (κ3) is 4.03. The second-order valence-corrected chi connectivity index (χ2v) is 6.97. The molecule has 1 aliphatic carbocycles. The van der Waals surface area contributed by atoms with Crippen molar-refractivity contribution in [1.82, 2.24) is 24.6 Å². The van der Waals surface area contributed by atoms with Crippen LogP contribution in [0, 0.1) is 4.77 Å². The van der Waals surface area contributed by atoms with Crippen LogP contribution in [0.2, 0.25) is 5.02 Å². The lowest BCUT2D eigenvalue weighted by Gasteiger charge is -2.15. The number of halogens is 1. The summed E-state index contributed by atoms with van der Waals surface area (Å²) in [6.45, 7) is 0.781. The first kappa shape index (κ1) is 17.1. The van der Waals surface area contributed by atoms with Gasteiger partial charge in [-0.3, -0.25) is 9.69 Å². The maximum atomic E-state index is 11.9. The van der Waals surface area contributed by atoms with Gasteiger partial charge in [-0.2, -0.15) is 5.10 Å². The quantitative estimate of drug-likeness (QED) is 0.799. The molecule has 0 radical (unpaired) electrons. The summed E-state index contributed by atoms with van der Waals surface area (Å²) in [5.74, 6) is 0.813. The van der Waals surface area contributed by atoms with Crippen LogP contribution in [0.5, 0.6) is 0 Å². The zero-order valence-corrected chi connectivity index (χ0v) is 15.3. The summed E-state index contributed by atoms with van der Waals surface area (Å²) in [5, 5.41) is 8.25. The molecule has 0 atom stereocenters. The zero-order valence-electron chi connectivity index (χ0n) is 13.7. The Balaban J connectivity index is 1.71. The molecule has 24 heavy (non-hydrogen) atoms. The number of carbonyl (C=O) groups excluding carboxylic acids is 1. The van der Waals surface area contributed by atoms with Crippen molar-refractivity contribution in [2.45, 2.75) is 25.6 Å². The second-order valence-electron chi connectivity index (χ2n) is 6.17. The minimum Gasteiger partial charge on any atom is -0.352 e. The zero-order chi connectivity index (χ0) is 17.3. The van der Waals surface area contributed by atoms with E-state index in [1.54, 1.807) is 4.68 Å². The van der Waals surface area contributed by atoms with Gasteiger partial charge >= 0.3 is 0 Å². The maximum absolute atomic E-state index is 11.9. The van der Waals surface area contributed by atoms with Gasteiger partial charge in [-0.25, -0.2) is 4.68 Å². The van der Waals surface area contributed by atoms with E-state index in [9.17, 15) is 4.79 Å². The minimum atomic E-state index is 0.0420. The highest BCUT2D eigenvalue weighted by Gasteiger charge is 2.23. The average molecular weight is 366 g/mol. The molecule has 1 amide bonds. The van der Waals surface area contributed by atoms with Gasteiger partial charge in [0.05, 0.1) is 13.2 Å². The third-order valence-corrected chi connectivity index (χ3v) is 4.61. The van der Waals surface area contributed by atoms with Gasteiger partial charge in [0.15, 0.2) is 10.6 Å². The van der Waals surface area contributed by atoms with Crippen molar-refractivity contribution in [2.24, 2.45) is 7.05 Å². The lowest BCUT2D eigenvalue weighted by Crippen LogP contribution is -2.37. The number of hydrogen-bond donors (Lipinski definition) is 1. The molecule has 0 bridgehead atoms. The SMILES string of the molecule is CN(CC(=O)NC1CC1)Cn1nc(-c2ccc(Cl)cc2)n(C)c1=S. The molecule has 0 unspecified atom stereocenters. The van der Waals surface area contributed by atoms with E-state index >= 15 is 0 Å². The molecule has 0 saturated heterocycles. The van der Waals surface area contributed by atoms with E-state index in [-0.39, 0.29) is 5.91 Å². The smallest absolute Gasteiger partial charge is 0.234 e. The fraction of sp³-hybridized carbons (Fsp3) is 0.438. The third-order valence-electron chi connectivity index (χ3n) is 3.87. The van der Waals surface area contributed by atoms with Gasteiger partial charge in [0, 0.05) is 23.7 Å². The van der Waals surface area contributed by atoms with Crippen LogP contribution in [-0.4, -0.2) is 44.8 Å². The lowest BCUT2D eigenvalue weighted by molar-refractivity contribution is -0.122. The predicted molar refractivity (Wildman–Crippen MR) is 96.3 cm³/mol. The van der Waals surface area contributed by atoms with E-state index in [4.69, 9.17) is 23.8 Å². The maximum Gasteiger partial charge on any atom is 0.234 e. The molecule has 1 aromatic heterocycles. The number of hydrogen-bond acceptors (Lipinski definition) is 4. The molecule has 1 fully saturated rings. The molecular formula is C16H20ClN5OS. The summed E-state index contributed by atoms with van der Waals surface area (Å²) in [5.41, 5.74) is 0.945. The molecule has 3 rings (SSSR count). The topological polar surface area (TPSA) is 55.1 Å². The Labute approximate surface area is 151 Å². The fourth-order valence-corrected chi connectivity index (χ4v) is 2.77. The molecule has 1 heterocycles. The minimum absolute atomic E-state index is 0.0420. The Kier molecular flexibility index (Phi) is 5.03. The molecule has 128 valence electrons. The molecule has 0 spiro atoms. The number of nitrogens with zero attached hydrogens (tertiary/aromatic N) is 4. The van der Waals surface area contributed by atoms with Gasteiger partial charge in [0.2, 0.25) is 5.91 Å². The highest BCUT2D eigenvalue weighted by molar-refractivity contribution is 7.71.